The zero-order chi connectivity index (χ0) is 18.0. The summed E-state index contributed by atoms with van der Waals surface area (Å²) >= 11 is 0. The van der Waals surface area contributed by atoms with E-state index in [1.165, 1.54) is 18.3 Å². The maximum Gasteiger partial charge on any atom is 0.254 e. The molecular formula is C17H20FN3O3S. The van der Waals surface area contributed by atoms with Gasteiger partial charge in [-0.3, -0.25) is 4.79 Å². The van der Waals surface area contributed by atoms with E-state index in [2.05, 4.69) is 10.4 Å². The van der Waals surface area contributed by atoms with Gasteiger partial charge < -0.3 is 5.32 Å². The minimum atomic E-state index is -2.95. The van der Waals surface area contributed by atoms with Crippen LogP contribution in [0.3, 0.4) is 0 Å². The lowest BCUT2D eigenvalue weighted by Crippen LogP contribution is -2.30. The molecule has 1 saturated heterocycles. The lowest BCUT2D eigenvalue weighted by atomic mass is 10.1. The number of hydrogen-bond acceptors (Lipinski definition) is 4. The Bertz CT molecular complexity index is 875. The molecule has 1 fully saturated rings. The molecule has 0 spiro atoms. The van der Waals surface area contributed by atoms with Crippen LogP contribution in [0.2, 0.25) is 0 Å². The molecule has 3 rings (SSSR count). The van der Waals surface area contributed by atoms with Crippen molar-refractivity contribution in [3.63, 3.8) is 0 Å². The molecule has 1 atom stereocenters. The summed E-state index contributed by atoms with van der Waals surface area (Å²) in [5, 5.41) is 7.06. The van der Waals surface area contributed by atoms with E-state index in [1.807, 2.05) is 6.92 Å². The first-order valence-electron chi connectivity index (χ1n) is 8.21. The predicted octanol–water partition coefficient (Wildman–Crippen LogP) is 1.74. The summed E-state index contributed by atoms with van der Waals surface area (Å²) in [5.74, 6) is -0.321. The number of aromatic nitrogens is 2. The Balaban J connectivity index is 1.74. The van der Waals surface area contributed by atoms with E-state index < -0.39 is 9.84 Å². The monoisotopic (exact) mass is 365 g/mol. The van der Waals surface area contributed by atoms with E-state index in [0.29, 0.717) is 30.6 Å². The average molecular weight is 365 g/mol. The summed E-state index contributed by atoms with van der Waals surface area (Å²) in [6, 6.07) is 5.90. The second-order valence-corrected chi connectivity index (χ2v) is 8.45. The maximum absolute atomic E-state index is 13.1. The first-order chi connectivity index (χ1) is 11.9. The molecule has 1 aliphatic heterocycles. The summed E-state index contributed by atoms with van der Waals surface area (Å²) in [6.07, 6.45) is 2.65. The summed E-state index contributed by atoms with van der Waals surface area (Å²) in [5.41, 5.74) is 1.86. The number of nitrogens with one attached hydrogen (secondary N) is 1. The van der Waals surface area contributed by atoms with Crippen LogP contribution in [0.4, 0.5) is 4.39 Å². The molecule has 1 aliphatic rings. The molecule has 25 heavy (non-hydrogen) atoms. The van der Waals surface area contributed by atoms with Crippen molar-refractivity contribution in [3.05, 3.63) is 47.5 Å². The molecule has 8 heteroatoms. The van der Waals surface area contributed by atoms with Gasteiger partial charge in [-0.15, -0.1) is 0 Å². The van der Waals surface area contributed by atoms with Gasteiger partial charge in [0.25, 0.3) is 5.91 Å². The van der Waals surface area contributed by atoms with Crippen LogP contribution in [-0.2, 0) is 16.3 Å². The third-order valence-corrected chi connectivity index (χ3v) is 6.23. The van der Waals surface area contributed by atoms with Crippen molar-refractivity contribution in [3.8, 4) is 5.69 Å². The Kier molecular flexibility index (Phi) is 4.89. The number of carbonyl (C=O) groups excluding carboxylic acids is 1. The van der Waals surface area contributed by atoms with Gasteiger partial charge in [0.2, 0.25) is 0 Å². The molecule has 0 radical (unpaired) electrons. The third-order valence-electron chi connectivity index (χ3n) is 4.40. The molecule has 1 N–H and O–H groups in total. The molecule has 2 aromatic rings. The van der Waals surface area contributed by atoms with Gasteiger partial charge in [0.15, 0.2) is 9.84 Å². The van der Waals surface area contributed by atoms with Gasteiger partial charge in [-0.1, -0.05) is 6.92 Å². The number of nitrogens with zero attached hydrogens (tertiary/aromatic N) is 2. The molecule has 0 saturated carbocycles. The molecular weight excluding hydrogens is 345 g/mol. The second kappa shape index (κ2) is 6.95. The van der Waals surface area contributed by atoms with Gasteiger partial charge >= 0.3 is 0 Å². The Morgan fingerprint density at radius 2 is 2.08 bits per heavy atom. The SMILES string of the molecule is CCc1c(C(=O)NCC2CCS(=O)(=O)C2)cnn1-c1ccc(F)cc1. The Morgan fingerprint density at radius 3 is 2.68 bits per heavy atom. The van der Waals surface area contributed by atoms with Gasteiger partial charge in [0.1, 0.15) is 5.82 Å². The average Bonchev–Trinajstić information content (AvgIpc) is 3.16. The molecule has 0 aliphatic carbocycles. The fourth-order valence-electron chi connectivity index (χ4n) is 3.07. The lowest BCUT2D eigenvalue weighted by molar-refractivity contribution is 0.0947. The Labute approximate surface area is 146 Å². The topological polar surface area (TPSA) is 81.1 Å². The lowest BCUT2D eigenvalue weighted by Gasteiger charge is -2.11. The van der Waals surface area contributed by atoms with Crippen molar-refractivity contribution in [1.82, 2.24) is 15.1 Å². The highest BCUT2D eigenvalue weighted by atomic mass is 32.2. The van der Waals surface area contributed by atoms with Crippen LogP contribution in [0, 0.1) is 11.7 Å². The van der Waals surface area contributed by atoms with E-state index in [1.54, 1.807) is 16.8 Å². The van der Waals surface area contributed by atoms with Crippen molar-refractivity contribution in [2.45, 2.75) is 19.8 Å². The van der Waals surface area contributed by atoms with Gasteiger partial charge in [0, 0.05) is 6.54 Å². The van der Waals surface area contributed by atoms with E-state index >= 15 is 0 Å². The summed E-state index contributed by atoms with van der Waals surface area (Å²) in [4.78, 5) is 12.5. The highest BCUT2D eigenvalue weighted by molar-refractivity contribution is 7.91. The maximum atomic E-state index is 13.1. The summed E-state index contributed by atoms with van der Waals surface area (Å²) in [6.45, 7) is 2.25. The van der Waals surface area contributed by atoms with E-state index in [9.17, 15) is 17.6 Å². The molecule has 1 aromatic heterocycles. The van der Waals surface area contributed by atoms with Crippen molar-refractivity contribution in [1.29, 1.82) is 0 Å². The molecule has 0 bridgehead atoms. The zero-order valence-electron chi connectivity index (χ0n) is 13.9. The number of halogens is 1. The minimum absolute atomic E-state index is 0.0360. The van der Waals surface area contributed by atoms with E-state index in [-0.39, 0.29) is 29.1 Å². The van der Waals surface area contributed by atoms with Crippen LogP contribution in [0.15, 0.2) is 30.5 Å². The molecule has 1 amide bonds. The fourth-order valence-corrected chi connectivity index (χ4v) is 4.94. The smallest absolute Gasteiger partial charge is 0.254 e. The normalized spacial score (nSPS) is 19.0. The van der Waals surface area contributed by atoms with Crippen molar-refractivity contribution < 1.29 is 17.6 Å². The molecule has 6 nitrogen and oxygen atoms in total. The minimum Gasteiger partial charge on any atom is -0.352 e. The van der Waals surface area contributed by atoms with Gasteiger partial charge in [-0.25, -0.2) is 17.5 Å². The Morgan fingerprint density at radius 1 is 1.36 bits per heavy atom. The number of amides is 1. The van der Waals surface area contributed by atoms with E-state index in [4.69, 9.17) is 0 Å². The van der Waals surface area contributed by atoms with Crippen LogP contribution >= 0.6 is 0 Å². The first kappa shape index (κ1) is 17.6. The van der Waals surface area contributed by atoms with Crippen LogP contribution in [0.1, 0.15) is 29.4 Å². The highest BCUT2D eigenvalue weighted by Gasteiger charge is 2.28. The number of rotatable bonds is 5. The number of carbonyl (C=O) groups is 1. The third kappa shape index (κ3) is 3.89. The molecule has 1 unspecified atom stereocenters. The standard InChI is InChI=1S/C17H20FN3O3S/c1-2-16-15(10-20-21(16)14-5-3-13(18)4-6-14)17(22)19-9-12-7-8-25(23,24)11-12/h3-6,10,12H,2,7-9,11H2,1H3,(H,19,22). The highest BCUT2D eigenvalue weighted by Crippen LogP contribution is 2.19. The largest absolute Gasteiger partial charge is 0.352 e. The molecule has 2 heterocycles. The second-order valence-electron chi connectivity index (χ2n) is 6.23. The Hall–Kier alpha value is -2.22. The molecule has 1 aromatic carbocycles. The van der Waals surface area contributed by atoms with Crippen LogP contribution in [0.25, 0.3) is 5.69 Å². The van der Waals surface area contributed by atoms with Crippen molar-refractivity contribution in [2.24, 2.45) is 5.92 Å². The number of benzene rings is 1. The van der Waals surface area contributed by atoms with Crippen LogP contribution < -0.4 is 5.32 Å². The van der Waals surface area contributed by atoms with Gasteiger partial charge in [-0.2, -0.15) is 5.10 Å². The first-order valence-corrected chi connectivity index (χ1v) is 10.0. The van der Waals surface area contributed by atoms with Crippen LogP contribution in [-0.4, -0.2) is 42.2 Å². The van der Waals surface area contributed by atoms with Crippen molar-refractivity contribution >= 4 is 15.7 Å². The predicted molar refractivity (Wildman–Crippen MR) is 92.0 cm³/mol. The quantitative estimate of drug-likeness (QED) is 0.875. The number of sulfone groups is 1. The van der Waals surface area contributed by atoms with Crippen LogP contribution in [0.5, 0.6) is 0 Å². The van der Waals surface area contributed by atoms with E-state index in [0.717, 1.165) is 5.69 Å². The number of hydrogen-bond donors (Lipinski definition) is 1. The molecule has 134 valence electrons. The van der Waals surface area contributed by atoms with Crippen molar-refractivity contribution in [2.75, 3.05) is 18.1 Å². The van der Waals surface area contributed by atoms with Gasteiger partial charge in [-0.05, 0) is 43.0 Å². The summed E-state index contributed by atoms with van der Waals surface area (Å²) in [7, 11) is -2.95. The fraction of sp³-hybridized carbons (Fsp3) is 0.412. The zero-order valence-corrected chi connectivity index (χ0v) is 14.7. The summed E-state index contributed by atoms with van der Waals surface area (Å²) < 4.78 is 37.7. The van der Waals surface area contributed by atoms with Gasteiger partial charge in [0.05, 0.1) is 34.6 Å².